The van der Waals surface area contributed by atoms with Crippen molar-refractivity contribution < 1.29 is 9.18 Å². The summed E-state index contributed by atoms with van der Waals surface area (Å²) in [7, 11) is 0. The lowest BCUT2D eigenvalue weighted by molar-refractivity contribution is -0.122. The van der Waals surface area contributed by atoms with Crippen molar-refractivity contribution in [3.8, 4) is 0 Å². The van der Waals surface area contributed by atoms with Crippen LogP contribution in [0.3, 0.4) is 0 Å². The van der Waals surface area contributed by atoms with Gasteiger partial charge in [0.15, 0.2) is 0 Å². The summed E-state index contributed by atoms with van der Waals surface area (Å²) in [4.78, 5) is 16.5. The van der Waals surface area contributed by atoms with Gasteiger partial charge in [-0.15, -0.1) is 0 Å². The molecule has 1 saturated heterocycles. The number of amides is 1. The summed E-state index contributed by atoms with van der Waals surface area (Å²) in [6.45, 7) is 9.90. The summed E-state index contributed by atoms with van der Waals surface area (Å²) >= 11 is 6.12. The van der Waals surface area contributed by atoms with Gasteiger partial charge in [-0.2, -0.15) is 0 Å². The SMILES string of the molecule is CC(C)C[C@H](N)C(=O)NCCCN1CCN(Cc2c(F)cccc2Cl)CC1. The molecule has 1 fully saturated rings. The average Bonchev–Trinajstić information content (AvgIpc) is 2.62. The number of piperazine rings is 1. The molecule has 0 unspecified atom stereocenters. The second kappa shape index (κ2) is 11.0. The van der Waals surface area contributed by atoms with Gasteiger partial charge in [0.05, 0.1) is 6.04 Å². The van der Waals surface area contributed by atoms with E-state index in [-0.39, 0.29) is 11.7 Å². The Hall–Kier alpha value is -1.21. The summed E-state index contributed by atoms with van der Waals surface area (Å²) in [6, 6.07) is 4.41. The van der Waals surface area contributed by atoms with Crippen LogP contribution in [0.4, 0.5) is 4.39 Å². The first-order chi connectivity index (χ1) is 12.9. The maximum absolute atomic E-state index is 13.9. The minimum Gasteiger partial charge on any atom is -0.355 e. The summed E-state index contributed by atoms with van der Waals surface area (Å²) in [5.41, 5.74) is 6.46. The van der Waals surface area contributed by atoms with E-state index in [2.05, 4.69) is 29.0 Å². The van der Waals surface area contributed by atoms with Crippen molar-refractivity contribution in [2.24, 2.45) is 11.7 Å². The molecular formula is C20H32ClFN4O. The van der Waals surface area contributed by atoms with Gasteiger partial charge in [-0.1, -0.05) is 31.5 Å². The highest BCUT2D eigenvalue weighted by atomic mass is 35.5. The molecule has 5 nitrogen and oxygen atoms in total. The predicted molar refractivity (Wildman–Crippen MR) is 108 cm³/mol. The number of carbonyl (C=O) groups excluding carboxylic acids is 1. The van der Waals surface area contributed by atoms with Gasteiger partial charge in [-0.05, 0) is 37.4 Å². The quantitative estimate of drug-likeness (QED) is 0.627. The number of hydrogen-bond acceptors (Lipinski definition) is 4. The third-order valence-corrected chi connectivity index (χ3v) is 5.27. The highest BCUT2D eigenvalue weighted by Gasteiger charge is 2.19. The van der Waals surface area contributed by atoms with Gasteiger partial charge in [-0.25, -0.2) is 4.39 Å². The maximum Gasteiger partial charge on any atom is 0.236 e. The molecule has 27 heavy (non-hydrogen) atoms. The van der Waals surface area contributed by atoms with Crippen LogP contribution in [0.15, 0.2) is 18.2 Å². The fourth-order valence-corrected chi connectivity index (χ4v) is 3.56. The highest BCUT2D eigenvalue weighted by Crippen LogP contribution is 2.21. The fourth-order valence-electron chi connectivity index (χ4n) is 3.34. The van der Waals surface area contributed by atoms with E-state index in [1.807, 2.05) is 0 Å². The van der Waals surface area contributed by atoms with Crippen molar-refractivity contribution in [1.29, 1.82) is 0 Å². The molecule has 0 aliphatic carbocycles. The van der Waals surface area contributed by atoms with Crippen LogP contribution in [0.1, 0.15) is 32.3 Å². The van der Waals surface area contributed by atoms with Crippen molar-refractivity contribution in [3.05, 3.63) is 34.6 Å². The topological polar surface area (TPSA) is 61.6 Å². The van der Waals surface area contributed by atoms with Gasteiger partial charge < -0.3 is 16.0 Å². The van der Waals surface area contributed by atoms with Crippen molar-refractivity contribution in [2.75, 3.05) is 39.3 Å². The second-order valence-electron chi connectivity index (χ2n) is 7.70. The van der Waals surface area contributed by atoms with Gasteiger partial charge in [0.1, 0.15) is 5.82 Å². The molecule has 0 spiro atoms. The Morgan fingerprint density at radius 2 is 1.93 bits per heavy atom. The third-order valence-electron chi connectivity index (χ3n) is 4.92. The van der Waals surface area contributed by atoms with Gasteiger partial charge in [-0.3, -0.25) is 9.69 Å². The van der Waals surface area contributed by atoms with Crippen LogP contribution in [-0.4, -0.2) is 61.0 Å². The van der Waals surface area contributed by atoms with Crippen molar-refractivity contribution in [3.63, 3.8) is 0 Å². The molecule has 1 aliphatic heterocycles. The number of carbonyl (C=O) groups is 1. The molecule has 1 amide bonds. The van der Waals surface area contributed by atoms with Gasteiger partial charge in [0.25, 0.3) is 0 Å². The first-order valence-corrected chi connectivity index (χ1v) is 10.2. The zero-order chi connectivity index (χ0) is 19.8. The van der Waals surface area contributed by atoms with Crippen molar-refractivity contribution in [2.45, 2.75) is 39.3 Å². The average molecular weight is 399 g/mol. The zero-order valence-electron chi connectivity index (χ0n) is 16.4. The molecule has 1 heterocycles. The molecule has 3 N–H and O–H groups in total. The Bertz CT molecular complexity index is 585. The van der Waals surface area contributed by atoms with E-state index in [1.54, 1.807) is 12.1 Å². The van der Waals surface area contributed by atoms with Crippen LogP contribution in [0.5, 0.6) is 0 Å². The molecule has 152 valence electrons. The third kappa shape index (κ3) is 7.37. The van der Waals surface area contributed by atoms with Crippen molar-refractivity contribution in [1.82, 2.24) is 15.1 Å². The first-order valence-electron chi connectivity index (χ1n) is 9.77. The van der Waals surface area contributed by atoms with E-state index in [0.29, 0.717) is 36.0 Å². The van der Waals surface area contributed by atoms with E-state index < -0.39 is 6.04 Å². The molecule has 1 atom stereocenters. The molecule has 1 aliphatic rings. The Morgan fingerprint density at radius 1 is 1.26 bits per heavy atom. The molecule has 7 heteroatoms. The molecule has 0 bridgehead atoms. The molecule has 0 radical (unpaired) electrons. The number of hydrogen-bond donors (Lipinski definition) is 2. The van der Waals surface area contributed by atoms with E-state index in [4.69, 9.17) is 17.3 Å². The molecule has 1 aromatic carbocycles. The fraction of sp³-hybridized carbons (Fsp3) is 0.650. The molecule has 0 saturated carbocycles. The van der Waals surface area contributed by atoms with Crippen LogP contribution in [0, 0.1) is 11.7 Å². The number of nitrogens with zero attached hydrogens (tertiary/aromatic N) is 2. The molecule has 0 aromatic heterocycles. The zero-order valence-corrected chi connectivity index (χ0v) is 17.1. The Balaban J connectivity index is 1.63. The smallest absolute Gasteiger partial charge is 0.236 e. The van der Waals surface area contributed by atoms with Crippen LogP contribution >= 0.6 is 11.6 Å². The molecular weight excluding hydrogens is 367 g/mol. The summed E-state index contributed by atoms with van der Waals surface area (Å²) in [5, 5.41) is 3.41. The van der Waals surface area contributed by atoms with Crippen molar-refractivity contribution >= 4 is 17.5 Å². The maximum atomic E-state index is 13.9. The van der Waals surface area contributed by atoms with E-state index in [9.17, 15) is 9.18 Å². The number of halogens is 2. The van der Waals surface area contributed by atoms with E-state index in [0.717, 1.165) is 39.1 Å². The van der Waals surface area contributed by atoms with E-state index >= 15 is 0 Å². The predicted octanol–water partition coefficient (Wildman–Crippen LogP) is 2.48. The van der Waals surface area contributed by atoms with Gasteiger partial charge >= 0.3 is 0 Å². The number of nitrogens with one attached hydrogen (secondary N) is 1. The lowest BCUT2D eigenvalue weighted by Crippen LogP contribution is -2.47. The monoisotopic (exact) mass is 398 g/mol. The summed E-state index contributed by atoms with van der Waals surface area (Å²) in [5.74, 6) is 0.118. The van der Waals surface area contributed by atoms with Crippen LogP contribution in [0.2, 0.25) is 5.02 Å². The normalized spacial score (nSPS) is 17.3. The number of benzene rings is 1. The minimum atomic E-state index is -0.418. The largest absolute Gasteiger partial charge is 0.355 e. The van der Waals surface area contributed by atoms with Crippen LogP contribution in [-0.2, 0) is 11.3 Å². The van der Waals surface area contributed by atoms with Gasteiger partial charge in [0.2, 0.25) is 5.91 Å². The lowest BCUT2D eigenvalue weighted by Gasteiger charge is -2.35. The Morgan fingerprint density at radius 3 is 2.56 bits per heavy atom. The highest BCUT2D eigenvalue weighted by molar-refractivity contribution is 6.31. The minimum absolute atomic E-state index is 0.0599. The Kier molecular flexibility index (Phi) is 8.96. The van der Waals surface area contributed by atoms with E-state index in [1.165, 1.54) is 6.07 Å². The second-order valence-corrected chi connectivity index (χ2v) is 8.11. The Labute approximate surface area is 167 Å². The first kappa shape index (κ1) is 22.1. The standard InChI is InChI=1S/C20H32ClFN4O/c1-15(2)13-19(23)20(27)24-7-4-8-25-9-11-26(12-10-25)14-16-17(21)5-3-6-18(16)22/h3,5-6,15,19H,4,7-14,23H2,1-2H3,(H,24,27)/t19-/m0/s1. The summed E-state index contributed by atoms with van der Waals surface area (Å²) in [6.07, 6.45) is 1.61. The molecule has 2 rings (SSSR count). The van der Waals surface area contributed by atoms with Crippen LogP contribution in [0.25, 0.3) is 0 Å². The van der Waals surface area contributed by atoms with Crippen LogP contribution < -0.4 is 11.1 Å². The summed E-state index contributed by atoms with van der Waals surface area (Å²) < 4.78 is 13.9. The number of rotatable bonds is 9. The lowest BCUT2D eigenvalue weighted by atomic mass is 10.0. The molecule has 1 aromatic rings. The number of nitrogens with two attached hydrogens (primary N) is 1. The van der Waals surface area contributed by atoms with Gasteiger partial charge in [0, 0.05) is 49.9 Å².